The van der Waals surface area contributed by atoms with Crippen molar-refractivity contribution in [1.82, 2.24) is 19.7 Å². The Kier molecular flexibility index (Phi) is 3.73. The number of nitrogens with zero attached hydrogens (tertiary/aromatic N) is 4. The number of benzene rings is 1. The fourth-order valence-electron chi connectivity index (χ4n) is 2.96. The number of hydrogen-bond acceptors (Lipinski definition) is 3. The van der Waals surface area contributed by atoms with Gasteiger partial charge in [0, 0.05) is 20.0 Å². The summed E-state index contributed by atoms with van der Waals surface area (Å²) in [6, 6.07) is 10.4. The number of amides is 1. The van der Waals surface area contributed by atoms with Crippen LogP contribution in [-0.4, -0.2) is 32.1 Å². The third-order valence-electron chi connectivity index (χ3n) is 3.95. The summed E-state index contributed by atoms with van der Waals surface area (Å²) in [6.07, 6.45) is 1.59. The van der Waals surface area contributed by atoms with Crippen LogP contribution in [0.1, 0.15) is 23.6 Å². The van der Waals surface area contributed by atoms with E-state index in [0.717, 1.165) is 24.6 Å². The average Bonchev–Trinajstić information content (AvgIpc) is 2.94. The van der Waals surface area contributed by atoms with Gasteiger partial charge in [-0.3, -0.25) is 9.48 Å². The van der Waals surface area contributed by atoms with E-state index in [-0.39, 0.29) is 5.91 Å². The van der Waals surface area contributed by atoms with E-state index in [9.17, 15) is 4.79 Å². The van der Waals surface area contributed by atoms with E-state index in [1.807, 2.05) is 37.1 Å². The molecule has 1 atom stereocenters. The lowest BCUT2D eigenvalue weighted by Crippen LogP contribution is -2.26. The van der Waals surface area contributed by atoms with Crippen molar-refractivity contribution in [2.45, 2.75) is 26.3 Å². The molecule has 5 nitrogen and oxygen atoms in total. The molecule has 0 aliphatic carbocycles. The van der Waals surface area contributed by atoms with Crippen LogP contribution in [-0.2, 0) is 24.8 Å². The monoisotopic (exact) mass is 284 g/mol. The molecule has 1 aliphatic rings. The minimum Gasteiger partial charge on any atom is -0.335 e. The molecule has 1 saturated heterocycles. The van der Waals surface area contributed by atoms with Crippen LogP contribution >= 0.6 is 0 Å². The fraction of sp³-hybridized carbons (Fsp3) is 0.438. The van der Waals surface area contributed by atoms with Crippen molar-refractivity contribution in [2.24, 2.45) is 13.0 Å². The molecule has 0 radical (unpaired) electrons. The zero-order valence-electron chi connectivity index (χ0n) is 12.5. The number of aromatic nitrogens is 3. The van der Waals surface area contributed by atoms with Crippen LogP contribution in [0.15, 0.2) is 30.3 Å². The topological polar surface area (TPSA) is 51.0 Å². The molecular weight excluding hydrogens is 264 g/mol. The molecule has 21 heavy (non-hydrogen) atoms. The van der Waals surface area contributed by atoms with Crippen LogP contribution in [0.2, 0.25) is 0 Å². The van der Waals surface area contributed by atoms with Crippen molar-refractivity contribution in [3.63, 3.8) is 0 Å². The van der Waals surface area contributed by atoms with E-state index in [0.29, 0.717) is 18.9 Å². The molecule has 1 unspecified atom stereocenters. The highest BCUT2D eigenvalue weighted by Gasteiger charge is 2.30. The van der Waals surface area contributed by atoms with Crippen LogP contribution in [0.4, 0.5) is 0 Å². The molecule has 2 heterocycles. The molecule has 1 aromatic heterocycles. The van der Waals surface area contributed by atoms with Gasteiger partial charge in [0.2, 0.25) is 5.91 Å². The first-order chi connectivity index (χ1) is 10.1. The van der Waals surface area contributed by atoms with E-state index in [4.69, 9.17) is 0 Å². The molecule has 0 saturated carbocycles. The highest BCUT2D eigenvalue weighted by atomic mass is 16.2. The maximum absolute atomic E-state index is 12.2. The molecule has 1 fully saturated rings. The second-order valence-electron chi connectivity index (χ2n) is 5.73. The Morgan fingerprint density at radius 1 is 1.29 bits per heavy atom. The number of carbonyl (C=O) groups excluding carboxylic acids is 1. The highest BCUT2D eigenvalue weighted by Crippen LogP contribution is 2.23. The Bertz CT molecular complexity index is 635. The van der Waals surface area contributed by atoms with Gasteiger partial charge < -0.3 is 4.90 Å². The molecule has 1 aliphatic heterocycles. The molecule has 5 heteroatoms. The van der Waals surface area contributed by atoms with Crippen LogP contribution in [0, 0.1) is 12.8 Å². The largest absolute Gasteiger partial charge is 0.335 e. The fourth-order valence-corrected chi connectivity index (χ4v) is 2.96. The minimum atomic E-state index is 0.219. The summed E-state index contributed by atoms with van der Waals surface area (Å²) in [5, 5.41) is 4.23. The lowest BCUT2D eigenvalue weighted by molar-refractivity contribution is -0.128. The minimum absolute atomic E-state index is 0.219. The summed E-state index contributed by atoms with van der Waals surface area (Å²) in [7, 11) is 1.87. The number of hydrogen-bond donors (Lipinski definition) is 0. The van der Waals surface area contributed by atoms with Gasteiger partial charge in [-0.2, -0.15) is 5.10 Å². The smallest absolute Gasteiger partial charge is 0.223 e. The third-order valence-corrected chi connectivity index (χ3v) is 3.95. The van der Waals surface area contributed by atoms with E-state index in [1.165, 1.54) is 5.56 Å². The SMILES string of the molecule is Cc1nc(CN2CC(Cc3ccccc3)CC2=O)n(C)n1. The van der Waals surface area contributed by atoms with Gasteiger partial charge in [0.25, 0.3) is 0 Å². The van der Waals surface area contributed by atoms with Gasteiger partial charge in [0.15, 0.2) is 0 Å². The van der Waals surface area contributed by atoms with Crippen molar-refractivity contribution in [3.05, 3.63) is 47.5 Å². The Morgan fingerprint density at radius 3 is 2.71 bits per heavy atom. The predicted octanol–water partition coefficient (Wildman–Crippen LogP) is 1.71. The molecule has 0 bridgehead atoms. The zero-order valence-corrected chi connectivity index (χ0v) is 12.5. The lowest BCUT2D eigenvalue weighted by Gasteiger charge is -2.15. The summed E-state index contributed by atoms with van der Waals surface area (Å²) in [4.78, 5) is 18.4. The zero-order chi connectivity index (χ0) is 14.8. The van der Waals surface area contributed by atoms with Gasteiger partial charge in [0.1, 0.15) is 11.6 Å². The number of rotatable bonds is 4. The summed E-state index contributed by atoms with van der Waals surface area (Å²) in [5.41, 5.74) is 1.30. The van der Waals surface area contributed by atoms with Crippen LogP contribution in [0.3, 0.4) is 0 Å². The lowest BCUT2D eigenvalue weighted by atomic mass is 9.99. The second kappa shape index (κ2) is 5.68. The Balaban J connectivity index is 1.63. The second-order valence-corrected chi connectivity index (χ2v) is 5.73. The van der Waals surface area contributed by atoms with Crippen LogP contribution < -0.4 is 0 Å². The Labute approximate surface area is 124 Å². The van der Waals surface area contributed by atoms with E-state index in [1.54, 1.807) is 4.68 Å². The maximum atomic E-state index is 12.2. The molecule has 110 valence electrons. The first-order valence-electron chi connectivity index (χ1n) is 7.30. The summed E-state index contributed by atoms with van der Waals surface area (Å²) >= 11 is 0. The standard InChI is InChI=1S/C16H20N4O/c1-12-17-15(19(2)18-12)11-20-10-14(9-16(20)21)8-13-6-4-3-5-7-13/h3-7,14H,8-11H2,1-2H3. The van der Waals surface area contributed by atoms with Crippen molar-refractivity contribution in [1.29, 1.82) is 0 Å². The van der Waals surface area contributed by atoms with Crippen LogP contribution in [0.25, 0.3) is 0 Å². The van der Waals surface area contributed by atoms with Gasteiger partial charge in [0.05, 0.1) is 6.54 Å². The number of likely N-dealkylation sites (tertiary alicyclic amines) is 1. The quantitative estimate of drug-likeness (QED) is 0.859. The molecule has 1 aromatic carbocycles. The number of carbonyl (C=O) groups is 1. The maximum Gasteiger partial charge on any atom is 0.223 e. The molecule has 0 spiro atoms. The van der Waals surface area contributed by atoms with E-state index < -0.39 is 0 Å². The van der Waals surface area contributed by atoms with E-state index in [2.05, 4.69) is 22.2 Å². The molecule has 1 amide bonds. The van der Waals surface area contributed by atoms with Crippen molar-refractivity contribution in [3.8, 4) is 0 Å². The predicted molar refractivity (Wildman–Crippen MR) is 79.4 cm³/mol. The summed E-state index contributed by atoms with van der Waals surface area (Å²) in [5.74, 6) is 2.21. The van der Waals surface area contributed by atoms with Gasteiger partial charge >= 0.3 is 0 Å². The Morgan fingerprint density at radius 2 is 2.05 bits per heavy atom. The molecule has 3 rings (SSSR count). The Hall–Kier alpha value is -2.17. The van der Waals surface area contributed by atoms with Crippen LogP contribution in [0.5, 0.6) is 0 Å². The summed E-state index contributed by atoms with van der Waals surface area (Å²) < 4.78 is 1.76. The number of aryl methyl sites for hydroxylation is 2. The van der Waals surface area contributed by atoms with Gasteiger partial charge in [-0.25, -0.2) is 4.98 Å². The van der Waals surface area contributed by atoms with E-state index >= 15 is 0 Å². The van der Waals surface area contributed by atoms with Crippen molar-refractivity contribution < 1.29 is 4.79 Å². The first kappa shape index (κ1) is 13.8. The van der Waals surface area contributed by atoms with Crippen molar-refractivity contribution >= 4 is 5.91 Å². The van der Waals surface area contributed by atoms with Crippen molar-refractivity contribution in [2.75, 3.05) is 6.54 Å². The third kappa shape index (κ3) is 3.12. The van der Waals surface area contributed by atoms with Gasteiger partial charge in [-0.1, -0.05) is 30.3 Å². The molecular formula is C16H20N4O. The normalized spacial score (nSPS) is 18.5. The molecule has 0 N–H and O–H groups in total. The van der Waals surface area contributed by atoms with Gasteiger partial charge in [-0.05, 0) is 24.8 Å². The average molecular weight is 284 g/mol. The highest BCUT2D eigenvalue weighted by molar-refractivity contribution is 5.78. The van der Waals surface area contributed by atoms with Gasteiger partial charge in [-0.15, -0.1) is 0 Å². The first-order valence-corrected chi connectivity index (χ1v) is 7.30. The summed E-state index contributed by atoms with van der Waals surface area (Å²) in [6.45, 7) is 3.23. The molecule has 2 aromatic rings.